The minimum absolute atomic E-state index is 0.241. The fourth-order valence-corrected chi connectivity index (χ4v) is 1.75. The first-order valence-corrected chi connectivity index (χ1v) is 5.73. The predicted molar refractivity (Wildman–Crippen MR) is 69.1 cm³/mol. The smallest absolute Gasteiger partial charge is 0.137 e. The topological polar surface area (TPSA) is 12.0 Å². The van der Waals surface area contributed by atoms with Crippen LogP contribution in [0.4, 0.5) is 10.1 Å². The molecule has 0 spiro atoms. The first-order chi connectivity index (χ1) is 7.70. The second-order valence-corrected chi connectivity index (χ2v) is 4.31. The molecule has 2 rings (SSSR count). The lowest BCUT2D eigenvalue weighted by Gasteiger charge is -2.05. The Kier molecular flexibility index (Phi) is 3.25. The molecule has 0 bridgehead atoms. The summed E-state index contributed by atoms with van der Waals surface area (Å²) in [5, 5.41) is 3.04. The van der Waals surface area contributed by atoms with Crippen molar-refractivity contribution in [3.8, 4) is 11.1 Å². The zero-order chi connectivity index (χ0) is 11.5. The summed E-state index contributed by atoms with van der Waals surface area (Å²) in [6.45, 7) is 0. The van der Waals surface area contributed by atoms with E-state index in [4.69, 9.17) is 0 Å². The molecular formula is C13H11BrFN. The maximum Gasteiger partial charge on any atom is 0.137 e. The van der Waals surface area contributed by atoms with Gasteiger partial charge in [-0.05, 0) is 51.3 Å². The molecule has 0 aromatic heterocycles. The van der Waals surface area contributed by atoms with Crippen molar-refractivity contribution >= 4 is 21.6 Å². The molecular weight excluding hydrogens is 269 g/mol. The first kappa shape index (κ1) is 11.1. The quantitative estimate of drug-likeness (QED) is 0.865. The Morgan fingerprint density at radius 2 is 1.62 bits per heavy atom. The van der Waals surface area contributed by atoms with E-state index in [9.17, 15) is 4.39 Å². The zero-order valence-corrected chi connectivity index (χ0v) is 10.4. The molecule has 0 saturated carbocycles. The third kappa shape index (κ3) is 2.25. The molecule has 0 fully saturated rings. The van der Waals surface area contributed by atoms with Gasteiger partial charge in [-0.1, -0.05) is 18.2 Å². The summed E-state index contributed by atoms with van der Waals surface area (Å²) in [5.41, 5.74) is 2.93. The van der Waals surface area contributed by atoms with Crippen molar-refractivity contribution in [1.29, 1.82) is 0 Å². The Bertz CT molecular complexity index is 494. The Balaban J connectivity index is 2.38. The fourth-order valence-electron chi connectivity index (χ4n) is 1.51. The SMILES string of the molecule is CNc1ccc(-c2ccc(Br)c(F)c2)cc1. The maximum absolute atomic E-state index is 13.4. The third-order valence-corrected chi connectivity index (χ3v) is 3.07. The number of anilines is 1. The minimum atomic E-state index is -0.241. The number of rotatable bonds is 2. The minimum Gasteiger partial charge on any atom is -0.388 e. The molecule has 2 aromatic rings. The largest absolute Gasteiger partial charge is 0.388 e. The van der Waals surface area contributed by atoms with E-state index >= 15 is 0 Å². The highest BCUT2D eigenvalue weighted by Gasteiger charge is 2.02. The van der Waals surface area contributed by atoms with Crippen LogP contribution in [0.2, 0.25) is 0 Å². The second kappa shape index (κ2) is 4.66. The molecule has 0 atom stereocenters. The molecule has 82 valence electrons. The highest BCUT2D eigenvalue weighted by atomic mass is 79.9. The molecule has 16 heavy (non-hydrogen) atoms. The monoisotopic (exact) mass is 279 g/mol. The zero-order valence-electron chi connectivity index (χ0n) is 8.80. The molecule has 3 heteroatoms. The van der Waals surface area contributed by atoms with E-state index in [1.807, 2.05) is 37.4 Å². The van der Waals surface area contributed by atoms with Crippen LogP contribution in [-0.2, 0) is 0 Å². The van der Waals surface area contributed by atoms with E-state index in [0.717, 1.165) is 16.8 Å². The van der Waals surface area contributed by atoms with Gasteiger partial charge in [-0.25, -0.2) is 4.39 Å². The molecule has 0 aliphatic carbocycles. The van der Waals surface area contributed by atoms with E-state index in [1.54, 1.807) is 6.07 Å². The molecule has 0 aliphatic rings. The Morgan fingerprint density at radius 1 is 1.00 bits per heavy atom. The van der Waals surface area contributed by atoms with Crippen molar-refractivity contribution < 1.29 is 4.39 Å². The molecule has 2 aromatic carbocycles. The highest BCUT2D eigenvalue weighted by molar-refractivity contribution is 9.10. The fraction of sp³-hybridized carbons (Fsp3) is 0.0769. The molecule has 1 N–H and O–H groups in total. The van der Waals surface area contributed by atoms with Crippen LogP contribution in [0.1, 0.15) is 0 Å². The lowest BCUT2D eigenvalue weighted by molar-refractivity contribution is 0.621. The molecule has 0 heterocycles. The first-order valence-electron chi connectivity index (χ1n) is 4.94. The summed E-state index contributed by atoms with van der Waals surface area (Å²) in [7, 11) is 1.87. The molecule has 0 amide bonds. The van der Waals surface area contributed by atoms with Crippen molar-refractivity contribution in [2.24, 2.45) is 0 Å². The average molecular weight is 280 g/mol. The van der Waals surface area contributed by atoms with Gasteiger partial charge in [-0.2, -0.15) is 0 Å². The van der Waals surface area contributed by atoms with Gasteiger partial charge in [-0.3, -0.25) is 0 Å². The van der Waals surface area contributed by atoms with E-state index in [2.05, 4.69) is 21.2 Å². The molecule has 0 aliphatic heterocycles. The average Bonchev–Trinajstić information content (AvgIpc) is 2.33. The van der Waals surface area contributed by atoms with E-state index < -0.39 is 0 Å². The van der Waals surface area contributed by atoms with Gasteiger partial charge in [0.2, 0.25) is 0 Å². The van der Waals surface area contributed by atoms with Crippen molar-refractivity contribution in [2.75, 3.05) is 12.4 Å². The molecule has 1 nitrogen and oxygen atoms in total. The van der Waals surface area contributed by atoms with E-state index in [1.165, 1.54) is 6.07 Å². The van der Waals surface area contributed by atoms with Crippen molar-refractivity contribution in [1.82, 2.24) is 0 Å². The Hall–Kier alpha value is -1.35. The van der Waals surface area contributed by atoms with Gasteiger partial charge in [-0.15, -0.1) is 0 Å². The van der Waals surface area contributed by atoms with Gasteiger partial charge < -0.3 is 5.32 Å². The number of hydrogen-bond acceptors (Lipinski definition) is 1. The van der Waals surface area contributed by atoms with Crippen LogP contribution in [-0.4, -0.2) is 7.05 Å². The number of benzene rings is 2. The van der Waals surface area contributed by atoms with Crippen molar-refractivity contribution in [3.63, 3.8) is 0 Å². The second-order valence-electron chi connectivity index (χ2n) is 3.46. The van der Waals surface area contributed by atoms with E-state index in [0.29, 0.717) is 4.47 Å². The predicted octanol–water partition coefficient (Wildman–Crippen LogP) is 4.30. The summed E-state index contributed by atoms with van der Waals surface area (Å²) in [4.78, 5) is 0. The van der Waals surface area contributed by atoms with Crippen molar-refractivity contribution in [2.45, 2.75) is 0 Å². The number of halogens is 2. The van der Waals surface area contributed by atoms with Gasteiger partial charge in [0.05, 0.1) is 4.47 Å². The highest BCUT2D eigenvalue weighted by Crippen LogP contribution is 2.25. The van der Waals surface area contributed by atoms with Gasteiger partial charge in [0.1, 0.15) is 5.82 Å². The van der Waals surface area contributed by atoms with Crippen LogP contribution in [0.5, 0.6) is 0 Å². The summed E-state index contributed by atoms with van der Waals surface area (Å²) < 4.78 is 13.8. The molecule has 0 radical (unpaired) electrons. The standard InChI is InChI=1S/C13H11BrFN/c1-16-11-5-2-9(3-6-11)10-4-7-12(14)13(15)8-10/h2-8,16H,1H3. The van der Waals surface area contributed by atoms with Gasteiger partial charge >= 0.3 is 0 Å². The Labute approximate surface area is 102 Å². The van der Waals surface area contributed by atoms with Crippen LogP contribution in [0.15, 0.2) is 46.9 Å². The summed E-state index contributed by atoms with van der Waals surface area (Å²) in [6, 6.07) is 13.0. The van der Waals surface area contributed by atoms with Crippen LogP contribution in [0, 0.1) is 5.82 Å². The lowest BCUT2D eigenvalue weighted by Crippen LogP contribution is -1.87. The van der Waals surface area contributed by atoms with Crippen molar-refractivity contribution in [3.05, 3.63) is 52.8 Å². The Morgan fingerprint density at radius 3 is 2.19 bits per heavy atom. The normalized spacial score (nSPS) is 10.2. The van der Waals surface area contributed by atoms with Gasteiger partial charge in [0.25, 0.3) is 0 Å². The summed E-state index contributed by atoms with van der Waals surface area (Å²) in [6.07, 6.45) is 0. The van der Waals surface area contributed by atoms with Crippen LogP contribution < -0.4 is 5.32 Å². The maximum atomic E-state index is 13.4. The lowest BCUT2D eigenvalue weighted by atomic mass is 10.1. The number of nitrogens with one attached hydrogen (secondary N) is 1. The van der Waals surface area contributed by atoms with Gasteiger partial charge in [0, 0.05) is 12.7 Å². The van der Waals surface area contributed by atoms with Crippen LogP contribution in [0.3, 0.4) is 0 Å². The molecule has 0 saturated heterocycles. The summed E-state index contributed by atoms with van der Waals surface area (Å²) in [5.74, 6) is -0.241. The molecule has 0 unspecified atom stereocenters. The third-order valence-electron chi connectivity index (χ3n) is 2.43. The number of hydrogen-bond donors (Lipinski definition) is 1. The van der Waals surface area contributed by atoms with E-state index in [-0.39, 0.29) is 5.82 Å². The summed E-state index contributed by atoms with van der Waals surface area (Å²) >= 11 is 3.14. The van der Waals surface area contributed by atoms with Gasteiger partial charge in [0.15, 0.2) is 0 Å². The van der Waals surface area contributed by atoms with Crippen LogP contribution >= 0.6 is 15.9 Å². The van der Waals surface area contributed by atoms with Crippen LogP contribution in [0.25, 0.3) is 11.1 Å².